The maximum absolute atomic E-state index is 12.2. The van der Waals surface area contributed by atoms with Crippen molar-refractivity contribution in [2.24, 2.45) is 0 Å². The van der Waals surface area contributed by atoms with E-state index in [0.717, 1.165) is 27.8 Å². The summed E-state index contributed by atoms with van der Waals surface area (Å²) >= 11 is 1.34. The summed E-state index contributed by atoms with van der Waals surface area (Å²) in [5, 5.41) is 4.48. The van der Waals surface area contributed by atoms with Crippen LogP contribution >= 0.6 is 11.8 Å². The first kappa shape index (κ1) is 17.2. The van der Waals surface area contributed by atoms with Gasteiger partial charge in [-0.1, -0.05) is 78.5 Å². The summed E-state index contributed by atoms with van der Waals surface area (Å²) in [6.45, 7) is 0. The van der Waals surface area contributed by atoms with Crippen molar-refractivity contribution in [3.63, 3.8) is 0 Å². The van der Waals surface area contributed by atoms with Crippen molar-refractivity contribution < 1.29 is 4.79 Å². The number of carbonyl (C=O) groups is 1. The largest absolute Gasteiger partial charge is 0.325 e. The molecule has 0 saturated carbocycles. The normalized spacial score (nSPS) is 10.7. The van der Waals surface area contributed by atoms with Crippen LogP contribution in [0.2, 0.25) is 0 Å². The van der Waals surface area contributed by atoms with Crippen LogP contribution in [-0.4, -0.2) is 21.6 Å². The summed E-state index contributed by atoms with van der Waals surface area (Å²) < 4.78 is 0. The summed E-state index contributed by atoms with van der Waals surface area (Å²) in [5.74, 6) is 0.172. The predicted molar refractivity (Wildman–Crippen MR) is 111 cm³/mol. The highest BCUT2D eigenvalue weighted by atomic mass is 32.2. The van der Waals surface area contributed by atoms with Gasteiger partial charge < -0.3 is 5.32 Å². The smallest absolute Gasteiger partial charge is 0.234 e. The lowest BCUT2D eigenvalue weighted by Gasteiger charge is -2.09. The molecule has 1 aromatic heterocycles. The van der Waals surface area contributed by atoms with Gasteiger partial charge in [0.2, 0.25) is 5.91 Å². The van der Waals surface area contributed by atoms with Crippen molar-refractivity contribution in [2.45, 2.75) is 5.16 Å². The lowest BCUT2D eigenvalue weighted by atomic mass is 10.1. The Labute approximate surface area is 161 Å². The van der Waals surface area contributed by atoms with E-state index >= 15 is 0 Å². The molecule has 3 aromatic carbocycles. The molecular weight excluding hydrogens is 354 g/mol. The average molecular weight is 371 g/mol. The number of hydrogen-bond donors (Lipinski definition) is 1. The van der Waals surface area contributed by atoms with E-state index in [2.05, 4.69) is 10.3 Å². The van der Waals surface area contributed by atoms with E-state index in [1.54, 1.807) is 0 Å². The molecular formula is C22H17N3OS. The fourth-order valence-electron chi connectivity index (χ4n) is 2.78. The number of nitrogens with one attached hydrogen (secondary N) is 1. The molecule has 27 heavy (non-hydrogen) atoms. The molecule has 4 rings (SSSR count). The molecule has 1 amide bonds. The minimum Gasteiger partial charge on any atom is -0.325 e. The van der Waals surface area contributed by atoms with Gasteiger partial charge in [0, 0.05) is 16.6 Å². The van der Waals surface area contributed by atoms with Crippen LogP contribution < -0.4 is 5.32 Å². The van der Waals surface area contributed by atoms with Crippen molar-refractivity contribution in [3.05, 3.63) is 84.9 Å². The number of benzene rings is 3. The van der Waals surface area contributed by atoms with Gasteiger partial charge in [-0.05, 0) is 18.2 Å². The van der Waals surface area contributed by atoms with Crippen molar-refractivity contribution in [2.75, 3.05) is 11.1 Å². The van der Waals surface area contributed by atoms with E-state index in [0.29, 0.717) is 5.16 Å². The van der Waals surface area contributed by atoms with Crippen LogP contribution in [0.4, 0.5) is 5.69 Å². The Morgan fingerprint density at radius 1 is 0.815 bits per heavy atom. The molecule has 0 aliphatic carbocycles. The third-order valence-electron chi connectivity index (χ3n) is 4.02. The molecule has 132 valence electrons. The molecule has 4 nitrogen and oxygen atoms in total. The third kappa shape index (κ3) is 4.15. The number of rotatable bonds is 5. The standard InChI is InChI=1S/C22H17N3OS/c26-20(23-17-11-5-2-6-12-17)15-27-22-24-19-14-8-7-13-18(19)21(25-22)16-9-3-1-4-10-16/h1-14H,15H2,(H,23,26). The summed E-state index contributed by atoms with van der Waals surface area (Å²) in [6, 6.07) is 27.4. The van der Waals surface area contributed by atoms with Gasteiger partial charge in [-0.3, -0.25) is 4.79 Å². The minimum absolute atomic E-state index is 0.0794. The second kappa shape index (κ2) is 8.01. The number of hydrogen-bond acceptors (Lipinski definition) is 4. The summed E-state index contributed by atoms with van der Waals surface area (Å²) in [4.78, 5) is 21.6. The molecule has 0 fully saturated rings. The Morgan fingerprint density at radius 2 is 1.48 bits per heavy atom. The number of para-hydroxylation sites is 2. The fraction of sp³-hybridized carbons (Fsp3) is 0.0455. The first-order valence-electron chi connectivity index (χ1n) is 8.59. The number of thioether (sulfide) groups is 1. The second-order valence-corrected chi connectivity index (χ2v) is 6.88. The first-order valence-corrected chi connectivity index (χ1v) is 9.58. The molecule has 0 saturated heterocycles. The van der Waals surface area contributed by atoms with E-state index in [1.807, 2.05) is 84.9 Å². The zero-order valence-electron chi connectivity index (χ0n) is 14.5. The Morgan fingerprint density at radius 3 is 2.26 bits per heavy atom. The molecule has 0 radical (unpaired) electrons. The number of carbonyl (C=O) groups excluding carboxylic acids is 1. The number of nitrogens with zero attached hydrogens (tertiary/aromatic N) is 2. The summed E-state index contributed by atoms with van der Waals surface area (Å²) in [6.07, 6.45) is 0. The predicted octanol–water partition coefficient (Wildman–Crippen LogP) is 5.03. The molecule has 0 aliphatic rings. The van der Waals surface area contributed by atoms with Crippen LogP contribution in [0.1, 0.15) is 0 Å². The molecule has 4 aromatic rings. The Balaban J connectivity index is 1.58. The van der Waals surface area contributed by atoms with E-state index in [4.69, 9.17) is 4.98 Å². The SMILES string of the molecule is O=C(CSc1nc(-c2ccccc2)c2ccccc2n1)Nc1ccccc1. The van der Waals surface area contributed by atoms with Crippen LogP contribution in [0.15, 0.2) is 90.1 Å². The highest BCUT2D eigenvalue weighted by Gasteiger charge is 2.11. The van der Waals surface area contributed by atoms with E-state index in [-0.39, 0.29) is 11.7 Å². The Hall–Kier alpha value is -3.18. The third-order valence-corrected chi connectivity index (χ3v) is 4.87. The number of fused-ring (bicyclic) bond motifs is 1. The van der Waals surface area contributed by atoms with Gasteiger partial charge in [-0.25, -0.2) is 9.97 Å². The monoisotopic (exact) mass is 371 g/mol. The average Bonchev–Trinajstić information content (AvgIpc) is 2.73. The highest BCUT2D eigenvalue weighted by molar-refractivity contribution is 7.99. The number of amides is 1. The van der Waals surface area contributed by atoms with Crippen LogP contribution in [0.25, 0.3) is 22.2 Å². The summed E-state index contributed by atoms with van der Waals surface area (Å²) in [5.41, 5.74) is 3.57. The van der Waals surface area contributed by atoms with Gasteiger partial charge in [-0.15, -0.1) is 0 Å². The quantitative estimate of drug-likeness (QED) is 0.395. The highest BCUT2D eigenvalue weighted by Crippen LogP contribution is 2.28. The van der Waals surface area contributed by atoms with Crippen molar-refractivity contribution in [3.8, 4) is 11.3 Å². The van der Waals surface area contributed by atoms with Crippen molar-refractivity contribution in [1.29, 1.82) is 0 Å². The molecule has 0 spiro atoms. The topological polar surface area (TPSA) is 54.9 Å². The van der Waals surface area contributed by atoms with Crippen molar-refractivity contribution >= 4 is 34.3 Å². The number of aromatic nitrogens is 2. The Bertz CT molecular complexity index is 1070. The lowest BCUT2D eigenvalue weighted by Crippen LogP contribution is -2.14. The maximum atomic E-state index is 12.2. The number of anilines is 1. The van der Waals surface area contributed by atoms with Gasteiger partial charge in [0.05, 0.1) is 17.0 Å². The van der Waals surface area contributed by atoms with Gasteiger partial charge in [0.25, 0.3) is 0 Å². The summed E-state index contributed by atoms with van der Waals surface area (Å²) in [7, 11) is 0. The van der Waals surface area contributed by atoms with Gasteiger partial charge >= 0.3 is 0 Å². The zero-order chi connectivity index (χ0) is 18.5. The maximum Gasteiger partial charge on any atom is 0.234 e. The molecule has 0 aliphatic heterocycles. The van der Waals surface area contributed by atoms with Gasteiger partial charge in [-0.2, -0.15) is 0 Å². The molecule has 5 heteroatoms. The molecule has 0 unspecified atom stereocenters. The molecule has 0 bridgehead atoms. The minimum atomic E-state index is -0.0794. The molecule has 1 N–H and O–H groups in total. The Kier molecular flexibility index (Phi) is 5.12. The molecule has 0 atom stereocenters. The van der Waals surface area contributed by atoms with E-state index in [1.165, 1.54) is 11.8 Å². The molecule has 1 heterocycles. The van der Waals surface area contributed by atoms with Crippen molar-refractivity contribution in [1.82, 2.24) is 9.97 Å². The van der Waals surface area contributed by atoms with Crippen LogP contribution in [0, 0.1) is 0 Å². The van der Waals surface area contributed by atoms with Gasteiger partial charge in [0.15, 0.2) is 5.16 Å². The van der Waals surface area contributed by atoms with Crippen LogP contribution in [0.5, 0.6) is 0 Å². The fourth-order valence-corrected chi connectivity index (χ4v) is 3.44. The van der Waals surface area contributed by atoms with Crippen LogP contribution in [0.3, 0.4) is 0 Å². The first-order chi connectivity index (χ1) is 13.3. The lowest BCUT2D eigenvalue weighted by molar-refractivity contribution is -0.113. The second-order valence-electron chi connectivity index (χ2n) is 5.94. The van der Waals surface area contributed by atoms with E-state index < -0.39 is 0 Å². The van der Waals surface area contributed by atoms with Crippen LogP contribution in [-0.2, 0) is 4.79 Å². The van der Waals surface area contributed by atoms with E-state index in [9.17, 15) is 4.79 Å². The zero-order valence-corrected chi connectivity index (χ0v) is 15.3. The van der Waals surface area contributed by atoms with Gasteiger partial charge in [0.1, 0.15) is 0 Å².